The van der Waals surface area contributed by atoms with Crippen LogP contribution >= 0.6 is 0 Å². The minimum atomic E-state index is 0.107. The first-order chi connectivity index (χ1) is 7.66. The average molecular weight is 227 g/mol. The van der Waals surface area contributed by atoms with E-state index in [0.717, 1.165) is 0 Å². The fourth-order valence-electron chi connectivity index (χ4n) is 2.44. The predicted molar refractivity (Wildman–Crippen MR) is 70.6 cm³/mol. The van der Waals surface area contributed by atoms with Crippen LogP contribution in [0.3, 0.4) is 0 Å². The standard InChI is InChI=1S/C12H23NO.C2H6/c1-9(2)12(14)11(13-3)10-7-5-4-6-8-10;1-2/h9-11,13H,4-8H2,1-3H3;1-2H3. The van der Waals surface area contributed by atoms with Crippen LogP contribution in [0.15, 0.2) is 0 Å². The summed E-state index contributed by atoms with van der Waals surface area (Å²) in [5, 5.41) is 3.20. The van der Waals surface area contributed by atoms with E-state index in [1.165, 1.54) is 32.1 Å². The van der Waals surface area contributed by atoms with Crippen LogP contribution in [0.5, 0.6) is 0 Å². The van der Waals surface area contributed by atoms with Gasteiger partial charge in [-0.05, 0) is 25.8 Å². The maximum atomic E-state index is 11.9. The monoisotopic (exact) mass is 227 g/mol. The van der Waals surface area contributed by atoms with E-state index in [4.69, 9.17) is 0 Å². The van der Waals surface area contributed by atoms with Crippen molar-refractivity contribution in [3.63, 3.8) is 0 Å². The fourth-order valence-corrected chi connectivity index (χ4v) is 2.44. The van der Waals surface area contributed by atoms with Gasteiger partial charge in [-0.15, -0.1) is 0 Å². The van der Waals surface area contributed by atoms with Gasteiger partial charge in [0.25, 0.3) is 0 Å². The van der Waals surface area contributed by atoms with Crippen LogP contribution in [0.25, 0.3) is 0 Å². The molecule has 0 saturated heterocycles. The molecule has 0 aromatic carbocycles. The number of Topliss-reactive ketones (excluding diaryl/α,β-unsaturated/α-hetero) is 1. The number of nitrogens with one attached hydrogen (secondary N) is 1. The molecule has 0 spiro atoms. The van der Waals surface area contributed by atoms with Crippen molar-refractivity contribution in [2.45, 2.75) is 65.8 Å². The third-order valence-corrected chi connectivity index (χ3v) is 3.31. The van der Waals surface area contributed by atoms with E-state index in [1.54, 1.807) is 0 Å². The number of rotatable bonds is 4. The van der Waals surface area contributed by atoms with Crippen molar-refractivity contribution in [3.8, 4) is 0 Å². The molecule has 1 aliphatic carbocycles. The molecular weight excluding hydrogens is 198 g/mol. The highest BCUT2D eigenvalue weighted by atomic mass is 16.1. The van der Waals surface area contributed by atoms with E-state index in [0.29, 0.717) is 11.7 Å². The van der Waals surface area contributed by atoms with Crippen molar-refractivity contribution < 1.29 is 4.79 Å². The van der Waals surface area contributed by atoms with E-state index in [9.17, 15) is 4.79 Å². The summed E-state index contributed by atoms with van der Waals surface area (Å²) in [4.78, 5) is 11.9. The Balaban J connectivity index is 0.00000106. The van der Waals surface area contributed by atoms with Gasteiger partial charge in [0.2, 0.25) is 0 Å². The molecule has 1 aliphatic rings. The number of likely N-dealkylation sites (N-methyl/N-ethyl adjacent to an activating group) is 1. The second-order valence-electron chi connectivity index (χ2n) is 4.72. The van der Waals surface area contributed by atoms with E-state index < -0.39 is 0 Å². The maximum Gasteiger partial charge on any atom is 0.152 e. The highest BCUT2D eigenvalue weighted by Gasteiger charge is 2.29. The molecule has 16 heavy (non-hydrogen) atoms. The second-order valence-corrected chi connectivity index (χ2v) is 4.72. The normalized spacial score (nSPS) is 18.9. The van der Waals surface area contributed by atoms with E-state index in [1.807, 2.05) is 34.7 Å². The molecule has 0 aliphatic heterocycles. The van der Waals surface area contributed by atoms with Crippen molar-refractivity contribution in [2.75, 3.05) is 7.05 Å². The van der Waals surface area contributed by atoms with Gasteiger partial charge in [0, 0.05) is 5.92 Å². The molecule has 1 unspecified atom stereocenters. The topological polar surface area (TPSA) is 29.1 Å². The van der Waals surface area contributed by atoms with Gasteiger partial charge >= 0.3 is 0 Å². The third-order valence-electron chi connectivity index (χ3n) is 3.31. The maximum absolute atomic E-state index is 11.9. The van der Waals surface area contributed by atoms with Gasteiger partial charge in [-0.2, -0.15) is 0 Å². The molecule has 0 aromatic heterocycles. The van der Waals surface area contributed by atoms with Crippen LogP contribution in [0.1, 0.15) is 59.8 Å². The molecule has 1 N–H and O–H groups in total. The molecule has 1 atom stereocenters. The van der Waals surface area contributed by atoms with Crippen molar-refractivity contribution >= 4 is 5.78 Å². The van der Waals surface area contributed by atoms with Gasteiger partial charge in [-0.1, -0.05) is 47.0 Å². The second kappa shape index (κ2) is 8.74. The Morgan fingerprint density at radius 3 is 2.00 bits per heavy atom. The van der Waals surface area contributed by atoms with Gasteiger partial charge in [0.1, 0.15) is 0 Å². The lowest BCUT2D eigenvalue weighted by atomic mass is 9.80. The summed E-state index contributed by atoms with van der Waals surface area (Å²) in [6, 6.07) is 0.107. The summed E-state index contributed by atoms with van der Waals surface area (Å²) < 4.78 is 0. The molecule has 2 heteroatoms. The summed E-state index contributed by atoms with van der Waals surface area (Å²) in [5.41, 5.74) is 0. The zero-order valence-electron chi connectivity index (χ0n) is 11.7. The molecule has 0 amide bonds. The summed E-state index contributed by atoms with van der Waals surface area (Å²) in [5.74, 6) is 1.14. The average Bonchev–Trinajstić information content (AvgIpc) is 2.33. The zero-order chi connectivity index (χ0) is 12.6. The first kappa shape index (κ1) is 15.6. The molecule has 1 fully saturated rings. The number of ketones is 1. The van der Waals surface area contributed by atoms with Gasteiger partial charge in [-0.3, -0.25) is 4.79 Å². The summed E-state index contributed by atoms with van der Waals surface area (Å²) in [6.07, 6.45) is 6.40. The van der Waals surface area contributed by atoms with Crippen molar-refractivity contribution in [3.05, 3.63) is 0 Å². The van der Waals surface area contributed by atoms with Crippen molar-refractivity contribution in [1.29, 1.82) is 0 Å². The SMILES string of the molecule is CC.CNC(C(=O)C(C)C)C1CCCCC1. The van der Waals surface area contributed by atoms with Crippen LogP contribution < -0.4 is 5.32 Å². The Hall–Kier alpha value is -0.370. The largest absolute Gasteiger partial charge is 0.310 e. The molecule has 0 radical (unpaired) electrons. The fraction of sp³-hybridized carbons (Fsp3) is 0.929. The Labute approximate surface area is 101 Å². The van der Waals surface area contributed by atoms with Gasteiger partial charge < -0.3 is 5.32 Å². The van der Waals surface area contributed by atoms with Gasteiger partial charge in [0.15, 0.2) is 5.78 Å². The van der Waals surface area contributed by atoms with Crippen molar-refractivity contribution in [1.82, 2.24) is 5.32 Å². The molecule has 0 bridgehead atoms. The highest BCUT2D eigenvalue weighted by molar-refractivity contribution is 5.86. The molecular formula is C14H29NO. The lowest BCUT2D eigenvalue weighted by Crippen LogP contribution is -2.43. The zero-order valence-corrected chi connectivity index (χ0v) is 11.7. The van der Waals surface area contributed by atoms with Crippen LogP contribution in [-0.2, 0) is 4.79 Å². The number of carbonyl (C=O) groups excluding carboxylic acids is 1. The van der Waals surface area contributed by atoms with E-state index >= 15 is 0 Å². The molecule has 0 aromatic rings. The number of hydrogen-bond acceptors (Lipinski definition) is 2. The van der Waals surface area contributed by atoms with E-state index in [2.05, 4.69) is 5.32 Å². The molecule has 2 nitrogen and oxygen atoms in total. The first-order valence-electron chi connectivity index (χ1n) is 6.87. The summed E-state index contributed by atoms with van der Waals surface area (Å²) in [6.45, 7) is 7.99. The van der Waals surface area contributed by atoms with Crippen molar-refractivity contribution in [2.24, 2.45) is 11.8 Å². The van der Waals surface area contributed by atoms with Crippen LogP contribution in [0.4, 0.5) is 0 Å². The summed E-state index contributed by atoms with van der Waals surface area (Å²) >= 11 is 0. The van der Waals surface area contributed by atoms with Crippen LogP contribution in [-0.4, -0.2) is 18.9 Å². The van der Waals surface area contributed by atoms with Crippen LogP contribution in [0, 0.1) is 11.8 Å². The molecule has 1 rings (SSSR count). The van der Waals surface area contributed by atoms with Crippen LogP contribution in [0.2, 0.25) is 0 Å². The predicted octanol–water partition coefficient (Wildman–Crippen LogP) is 3.41. The first-order valence-corrected chi connectivity index (χ1v) is 6.87. The molecule has 96 valence electrons. The quantitative estimate of drug-likeness (QED) is 0.797. The van der Waals surface area contributed by atoms with Gasteiger partial charge in [-0.25, -0.2) is 0 Å². The lowest BCUT2D eigenvalue weighted by molar-refractivity contribution is -0.125. The number of hydrogen-bond donors (Lipinski definition) is 1. The molecule has 1 saturated carbocycles. The van der Waals surface area contributed by atoms with E-state index in [-0.39, 0.29) is 12.0 Å². The Morgan fingerprint density at radius 1 is 1.12 bits per heavy atom. The summed E-state index contributed by atoms with van der Waals surface area (Å²) in [7, 11) is 1.92. The van der Waals surface area contributed by atoms with Gasteiger partial charge in [0.05, 0.1) is 6.04 Å². The molecule has 0 heterocycles. The Kier molecular flexibility index (Phi) is 8.54. The minimum absolute atomic E-state index is 0.107. The third kappa shape index (κ3) is 4.65. The number of carbonyl (C=O) groups is 1. The lowest BCUT2D eigenvalue weighted by Gasteiger charge is -2.30. The minimum Gasteiger partial charge on any atom is -0.310 e. The smallest absolute Gasteiger partial charge is 0.152 e. The Morgan fingerprint density at radius 2 is 1.62 bits per heavy atom. The Bertz CT molecular complexity index is 183. The highest BCUT2D eigenvalue weighted by Crippen LogP contribution is 2.27.